The Bertz CT molecular complexity index is 636. The second kappa shape index (κ2) is 5.53. The summed E-state index contributed by atoms with van der Waals surface area (Å²) in [4.78, 5) is 0. The van der Waals surface area contributed by atoms with Gasteiger partial charge in [-0.1, -0.05) is 24.3 Å². The molecule has 0 heterocycles. The fourth-order valence-corrected chi connectivity index (χ4v) is 3.42. The summed E-state index contributed by atoms with van der Waals surface area (Å²) in [6.45, 7) is 4.07. The maximum atomic E-state index is 10.8. The van der Waals surface area contributed by atoms with Gasteiger partial charge in [-0.15, -0.1) is 0 Å². The molecular formula is C19H22O2. The maximum Gasteiger partial charge on any atom is 0.122 e. The lowest BCUT2D eigenvalue weighted by molar-refractivity contribution is 0.112. The highest BCUT2D eigenvalue weighted by molar-refractivity contribution is 5.43. The van der Waals surface area contributed by atoms with Gasteiger partial charge in [0.05, 0.1) is 13.2 Å². The van der Waals surface area contributed by atoms with Crippen molar-refractivity contribution in [2.24, 2.45) is 5.92 Å². The molecule has 0 fully saturated rings. The van der Waals surface area contributed by atoms with E-state index >= 15 is 0 Å². The monoisotopic (exact) mass is 282 g/mol. The average Bonchev–Trinajstić information content (AvgIpc) is 2.92. The highest BCUT2D eigenvalue weighted by Crippen LogP contribution is 2.37. The normalized spacial score (nSPS) is 15.8. The zero-order chi connectivity index (χ0) is 15.0. The zero-order valence-electron chi connectivity index (χ0n) is 12.9. The van der Waals surface area contributed by atoms with Crippen molar-refractivity contribution in [1.29, 1.82) is 0 Å². The van der Waals surface area contributed by atoms with Gasteiger partial charge in [0.2, 0.25) is 0 Å². The SMILES string of the molecule is COc1cc(C)c(C(O)C2Cc3ccccc3C2)cc1C. The molecule has 0 bridgehead atoms. The molecule has 110 valence electrons. The first-order chi connectivity index (χ1) is 10.1. The van der Waals surface area contributed by atoms with Crippen molar-refractivity contribution in [2.75, 3.05) is 7.11 Å². The van der Waals surface area contributed by atoms with E-state index in [1.165, 1.54) is 11.1 Å². The minimum Gasteiger partial charge on any atom is -0.496 e. The van der Waals surface area contributed by atoms with E-state index in [0.29, 0.717) is 0 Å². The molecule has 2 aromatic rings. The lowest BCUT2D eigenvalue weighted by Gasteiger charge is -2.21. The zero-order valence-corrected chi connectivity index (χ0v) is 12.9. The predicted octanol–water partition coefficient (Wildman–Crippen LogP) is 3.76. The van der Waals surface area contributed by atoms with Crippen LogP contribution in [0, 0.1) is 19.8 Å². The highest BCUT2D eigenvalue weighted by Gasteiger charge is 2.29. The van der Waals surface area contributed by atoms with Gasteiger partial charge in [-0.2, -0.15) is 0 Å². The minimum absolute atomic E-state index is 0.272. The van der Waals surface area contributed by atoms with Gasteiger partial charge < -0.3 is 9.84 Å². The molecule has 2 nitrogen and oxygen atoms in total. The highest BCUT2D eigenvalue weighted by atomic mass is 16.5. The number of benzene rings is 2. The Hall–Kier alpha value is -1.80. The van der Waals surface area contributed by atoms with Crippen molar-refractivity contribution < 1.29 is 9.84 Å². The molecule has 1 atom stereocenters. The fraction of sp³-hybridized carbons (Fsp3) is 0.368. The first kappa shape index (κ1) is 14.2. The molecule has 0 radical (unpaired) electrons. The number of aliphatic hydroxyl groups is 1. The van der Waals surface area contributed by atoms with Crippen molar-refractivity contribution in [1.82, 2.24) is 0 Å². The van der Waals surface area contributed by atoms with Crippen molar-refractivity contribution in [3.63, 3.8) is 0 Å². The topological polar surface area (TPSA) is 29.5 Å². The van der Waals surface area contributed by atoms with Gasteiger partial charge >= 0.3 is 0 Å². The second-order valence-electron chi connectivity index (χ2n) is 6.06. The molecule has 1 aliphatic rings. The van der Waals surface area contributed by atoms with Crippen molar-refractivity contribution in [3.05, 3.63) is 64.2 Å². The van der Waals surface area contributed by atoms with Crippen molar-refractivity contribution in [2.45, 2.75) is 32.8 Å². The third-order valence-corrected chi connectivity index (χ3v) is 4.63. The smallest absolute Gasteiger partial charge is 0.122 e. The van der Waals surface area contributed by atoms with Gasteiger partial charge in [-0.25, -0.2) is 0 Å². The fourth-order valence-electron chi connectivity index (χ4n) is 3.42. The van der Waals surface area contributed by atoms with Crippen LogP contribution in [0.1, 0.15) is 33.9 Å². The average molecular weight is 282 g/mol. The van der Waals surface area contributed by atoms with Gasteiger partial charge in [0.15, 0.2) is 0 Å². The van der Waals surface area contributed by atoms with E-state index < -0.39 is 6.10 Å². The summed E-state index contributed by atoms with van der Waals surface area (Å²) in [6.07, 6.45) is 1.51. The summed E-state index contributed by atoms with van der Waals surface area (Å²) in [5.41, 5.74) is 5.97. The van der Waals surface area contributed by atoms with Gasteiger partial charge in [0.1, 0.15) is 5.75 Å². The molecular weight excluding hydrogens is 260 g/mol. The summed E-state index contributed by atoms with van der Waals surface area (Å²) >= 11 is 0. The van der Waals surface area contributed by atoms with Crippen LogP contribution in [0.5, 0.6) is 5.75 Å². The summed E-state index contributed by atoms with van der Waals surface area (Å²) in [6, 6.07) is 12.6. The van der Waals surface area contributed by atoms with Crippen molar-refractivity contribution in [3.8, 4) is 5.75 Å². The van der Waals surface area contributed by atoms with Gasteiger partial charge in [-0.05, 0) is 72.6 Å². The lowest BCUT2D eigenvalue weighted by atomic mass is 9.89. The number of aryl methyl sites for hydroxylation is 2. The molecule has 0 spiro atoms. The Balaban J connectivity index is 1.87. The molecule has 0 saturated heterocycles. The number of ether oxygens (including phenoxy) is 1. The Labute approximate surface area is 126 Å². The Kier molecular flexibility index (Phi) is 3.73. The van der Waals surface area contributed by atoms with Crippen LogP contribution in [0.3, 0.4) is 0 Å². The van der Waals surface area contributed by atoms with Crippen LogP contribution in [0.25, 0.3) is 0 Å². The van der Waals surface area contributed by atoms with Crippen LogP contribution in [0.15, 0.2) is 36.4 Å². The van der Waals surface area contributed by atoms with Crippen LogP contribution < -0.4 is 4.74 Å². The number of fused-ring (bicyclic) bond motifs is 1. The Morgan fingerprint density at radius 1 is 1.05 bits per heavy atom. The number of hydrogen-bond donors (Lipinski definition) is 1. The van der Waals surface area contributed by atoms with E-state index in [9.17, 15) is 5.11 Å². The largest absolute Gasteiger partial charge is 0.496 e. The standard InChI is InChI=1S/C19H22O2/c1-12-9-18(21-3)13(2)8-17(12)19(20)16-10-14-6-4-5-7-15(14)11-16/h4-9,16,19-20H,10-11H2,1-3H3. The second-order valence-corrected chi connectivity index (χ2v) is 6.06. The van der Waals surface area contributed by atoms with E-state index in [2.05, 4.69) is 30.3 Å². The first-order valence-corrected chi connectivity index (χ1v) is 7.50. The van der Waals surface area contributed by atoms with E-state index in [1.807, 2.05) is 19.9 Å². The Morgan fingerprint density at radius 2 is 1.67 bits per heavy atom. The van der Waals surface area contributed by atoms with Crippen LogP contribution in [-0.2, 0) is 12.8 Å². The van der Waals surface area contributed by atoms with E-state index in [1.54, 1.807) is 7.11 Å². The molecule has 0 aromatic heterocycles. The predicted molar refractivity (Wildman–Crippen MR) is 84.8 cm³/mol. The van der Waals surface area contributed by atoms with Crippen molar-refractivity contribution >= 4 is 0 Å². The number of hydrogen-bond acceptors (Lipinski definition) is 2. The van der Waals surface area contributed by atoms with Crippen LogP contribution in [0.4, 0.5) is 0 Å². The van der Waals surface area contributed by atoms with Gasteiger partial charge in [-0.3, -0.25) is 0 Å². The van der Waals surface area contributed by atoms with Crippen LogP contribution in [-0.4, -0.2) is 12.2 Å². The number of aliphatic hydroxyl groups excluding tert-OH is 1. The summed E-state index contributed by atoms with van der Waals surface area (Å²) in [7, 11) is 1.69. The number of rotatable bonds is 3. The molecule has 21 heavy (non-hydrogen) atoms. The molecule has 1 N–H and O–H groups in total. The van der Waals surface area contributed by atoms with E-state index in [0.717, 1.165) is 35.3 Å². The number of methoxy groups -OCH3 is 1. The molecule has 2 aromatic carbocycles. The van der Waals surface area contributed by atoms with Gasteiger partial charge in [0, 0.05) is 0 Å². The molecule has 1 unspecified atom stereocenters. The molecule has 1 aliphatic carbocycles. The van der Waals surface area contributed by atoms with Gasteiger partial charge in [0.25, 0.3) is 0 Å². The Morgan fingerprint density at radius 3 is 2.24 bits per heavy atom. The van der Waals surface area contributed by atoms with E-state index in [-0.39, 0.29) is 5.92 Å². The molecule has 3 rings (SSSR count). The maximum absolute atomic E-state index is 10.8. The molecule has 0 saturated carbocycles. The third kappa shape index (κ3) is 2.56. The summed E-state index contributed by atoms with van der Waals surface area (Å²) in [5.74, 6) is 1.16. The van der Waals surface area contributed by atoms with E-state index in [4.69, 9.17) is 4.74 Å². The molecule has 0 aliphatic heterocycles. The lowest BCUT2D eigenvalue weighted by Crippen LogP contribution is -2.14. The quantitative estimate of drug-likeness (QED) is 0.928. The molecule has 2 heteroatoms. The minimum atomic E-state index is -0.415. The van der Waals surface area contributed by atoms with Crippen LogP contribution >= 0.6 is 0 Å². The van der Waals surface area contributed by atoms with Crippen LogP contribution in [0.2, 0.25) is 0 Å². The molecule has 0 amide bonds. The third-order valence-electron chi connectivity index (χ3n) is 4.63. The first-order valence-electron chi connectivity index (χ1n) is 7.50. The summed E-state index contributed by atoms with van der Waals surface area (Å²) in [5, 5.41) is 10.8. The summed E-state index contributed by atoms with van der Waals surface area (Å²) < 4.78 is 5.36.